The number of carbonyl (C=O) groups is 1. The van der Waals surface area contributed by atoms with Crippen molar-refractivity contribution in [3.63, 3.8) is 0 Å². The first-order chi connectivity index (χ1) is 6.06. The van der Waals surface area contributed by atoms with Gasteiger partial charge in [-0.1, -0.05) is 18.5 Å². The van der Waals surface area contributed by atoms with E-state index in [1.807, 2.05) is 6.92 Å². The number of aromatic nitrogens is 2. The van der Waals surface area contributed by atoms with Crippen molar-refractivity contribution in [2.45, 2.75) is 20.3 Å². The van der Waals surface area contributed by atoms with Gasteiger partial charge in [-0.25, -0.2) is 14.8 Å². The highest BCUT2D eigenvalue weighted by Crippen LogP contribution is 2.18. The number of carboxylic acids is 1. The Morgan fingerprint density at radius 1 is 1.54 bits per heavy atom. The van der Waals surface area contributed by atoms with Crippen LogP contribution in [0.2, 0.25) is 5.02 Å². The van der Waals surface area contributed by atoms with Crippen LogP contribution in [0.4, 0.5) is 0 Å². The predicted molar refractivity (Wildman–Crippen MR) is 48.1 cm³/mol. The molecule has 0 aliphatic rings. The van der Waals surface area contributed by atoms with Crippen molar-refractivity contribution >= 4 is 17.6 Å². The minimum atomic E-state index is -1.12. The van der Waals surface area contributed by atoms with Crippen LogP contribution in [0.5, 0.6) is 0 Å². The maximum absolute atomic E-state index is 10.7. The monoisotopic (exact) mass is 200 g/mol. The first kappa shape index (κ1) is 9.92. The normalized spacial score (nSPS) is 10.1. The first-order valence-corrected chi connectivity index (χ1v) is 4.20. The van der Waals surface area contributed by atoms with Crippen LogP contribution in [0.25, 0.3) is 0 Å². The molecule has 0 aliphatic carbocycles. The summed E-state index contributed by atoms with van der Waals surface area (Å²) in [5.74, 6) is -0.691. The molecule has 0 radical (unpaired) electrons. The number of carboxylic acid groups (broad SMARTS) is 1. The van der Waals surface area contributed by atoms with E-state index in [1.165, 1.54) is 0 Å². The van der Waals surface area contributed by atoms with Gasteiger partial charge in [0.15, 0.2) is 5.69 Å². The van der Waals surface area contributed by atoms with E-state index in [0.717, 1.165) is 0 Å². The topological polar surface area (TPSA) is 63.1 Å². The summed E-state index contributed by atoms with van der Waals surface area (Å²) in [4.78, 5) is 18.4. The molecule has 0 saturated carbocycles. The Balaban J connectivity index is 3.35. The first-order valence-electron chi connectivity index (χ1n) is 3.82. The van der Waals surface area contributed by atoms with Crippen molar-refractivity contribution in [1.29, 1.82) is 0 Å². The number of aryl methyl sites for hydroxylation is 2. The van der Waals surface area contributed by atoms with Gasteiger partial charge in [-0.15, -0.1) is 0 Å². The number of hydrogen-bond acceptors (Lipinski definition) is 3. The number of aromatic carboxylic acids is 1. The molecule has 1 heterocycles. The lowest BCUT2D eigenvalue weighted by atomic mass is 10.2. The van der Waals surface area contributed by atoms with E-state index >= 15 is 0 Å². The number of halogens is 1. The molecule has 0 atom stereocenters. The van der Waals surface area contributed by atoms with Crippen LogP contribution in [-0.2, 0) is 6.42 Å². The molecule has 1 rings (SSSR count). The Labute approximate surface area is 80.6 Å². The Bertz CT molecular complexity index is 352. The van der Waals surface area contributed by atoms with Crippen molar-refractivity contribution < 1.29 is 9.90 Å². The van der Waals surface area contributed by atoms with Crippen molar-refractivity contribution in [1.82, 2.24) is 9.97 Å². The highest BCUT2D eigenvalue weighted by molar-refractivity contribution is 6.33. The Morgan fingerprint density at radius 2 is 2.15 bits per heavy atom. The Morgan fingerprint density at radius 3 is 2.62 bits per heavy atom. The number of nitrogens with zero attached hydrogens (tertiary/aromatic N) is 2. The van der Waals surface area contributed by atoms with Gasteiger partial charge in [0.05, 0.1) is 10.7 Å². The molecule has 0 bridgehead atoms. The zero-order valence-electron chi connectivity index (χ0n) is 7.33. The average Bonchev–Trinajstić information content (AvgIpc) is 2.08. The summed E-state index contributed by atoms with van der Waals surface area (Å²) in [6, 6.07) is 0. The van der Waals surface area contributed by atoms with Gasteiger partial charge in [0, 0.05) is 0 Å². The molecule has 0 amide bonds. The van der Waals surface area contributed by atoms with Crippen LogP contribution >= 0.6 is 11.6 Å². The van der Waals surface area contributed by atoms with Crippen molar-refractivity contribution in [2.24, 2.45) is 0 Å². The van der Waals surface area contributed by atoms with Gasteiger partial charge in [-0.3, -0.25) is 0 Å². The number of hydrogen-bond donors (Lipinski definition) is 1. The fraction of sp³-hybridized carbons (Fsp3) is 0.375. The fourth-order valence-corrected chi connectivity index (χ4v) is 1.29. The van der Waals surface area contributed by atoms with E-state index in [2.05, 4.69) is 9.97 Å². The predicted octanol–water partition coefficient (Wildman–Crippen LogP) is 1.70. The maximum atomic E-state index is 10.7. The zero-order valence-corrected chi connectivity index (χ0v) is 8.09. The van der Waals surface area contributed by atoms with Gasteiger partial charge in [-0.2, -0.15) is 0 Å². The van der Waals surface area contributed by atoms with Crippen molar-refractivity contribution in [3.05, 3.63) is 22.2 Å². The minimum absolute atomic E-state index is 0.119. The zero-order chi connectivity index (χ0) is 10.0. The van der Waals surface area contributed by atoms with Crippen LogP contribution in [0.1, 0.15) is 28.9 Å². The quantitative estimate of drug-likeness (QED) is 0.789. The van der Waals surface area contributed by atoms with E-state index in [-0.39, 0.29) is 10.7 Å². The van der Waals surface area contributed by atoms with Gasteiger partial charge in [-0.05, 0) is 13.3 Å². The number of rotatable bonds is 2. The summed E-state index contributed by atoms with van der Waals surface area (Å²) in [5.41, 5.74) is 0.456. The molecular formula is C8H9ClN2O2. The Kier molecular flexibility index (Phi) is 2.83. The summed E-state index contributed by atoms with van der Waals surface area (Å²) in [7, 11) is 0. The fourth-order valence-electron chi connectivity index (χ4n) is 0.993. The third-order valence-electron chi connectivity index (χ3n) is 1.57. The third-order valence-corrected chi connectivity index (χ3v) is 1.97. The van der Waals surface area contributed by atoms with E-state index in [0.29, 0.717) is 17.9 Å². The van der Waals surface area contributed by atoms with Crippen LogP contribution in [0, 0.1) is 6.92 Å². The average molecular weight is 201 g/mol. The lowest BCUT2D eigenvalue weighted by Crippen LogP contribution is -2.07. The van der Waals surface area contributed by atoms with Crippen LogP contribution in [0.3, 0.4) is 0 Å². The molecule has 1 N–H and O–H groups in total. The summed E-state index contributed by atoms with van der Waals surface area (Å²) in [6.45, 7) is 3.50. The van der Waals surface area contributed by atoms with Gasteiger partial charge in [0.2, 0.25) is 0 Å². The lowest BCUT2D eigenvalue weighted by Gasteiger charge is -2.04. The van der Waals surface area contributed by atoms with Gasteiger partial charge in [0.1, 0.15) is 5.82 Å². The summed E-state index contributed by atoms with van der Waals surface area (Å²) in [5, 5.41) is 8.87. The van der Waals surface area contributed by atoms with Crippen LogP contribution < -0.4 is 0 Å². The lowest BCUT2D eigenvalue weighted by molar-refractivity contribution is 0.0690. The standard InChI is InChI=1S/C8H9ClN2O2/c1-3-5-6(9)7(8(12)13)11-4(2)10-5/h3H2,1-2H3,(H,12,13). The summed E-state index contributed by atoms with van der Waals surface area (Å²) < 4.78 is 0. The van der Waals surface area contributed by atoms with E-state index in [4.69, 9.17) is 16.7 Å². The molecule has 0 aromatic carbocycles. The maximum Gasteiger partial charge on any atom is 0.356 e. The molecule has 5 heteroatoms. The molecule has 70 valence electrons. The molecule has 1 aromatic heterocycles. The van der Waals surface area contributed by atoms with Crippen molar-refractivity contribution in [3.8, 4) is 0 Å². The highest BCUT2D eigenvalue weighted by atomic mass is 35.5. The molecule has 0 spiro atoms. The second-order valence-corrected chi connectivity index (χ2v) is 2.92. The molecule has 0 fully saturated rings. The van der Waals surface area contributed by atoms with Crippen LogP contribution in [-0.4, -0.2) is 21.0 Å². The molecular weight excluding hydrogens is 192 g/mol. The summed E-state index contributed by atoms with van der Waals surface area (Å²) in [6.07, 6.45) is 0.600. The molecule has 0 saturated heterocycles. The second kappa shape index (κ2) is 3.70. The largest absolute Gasteiger partial charge is 0.476 e. The van der Waals surface area contributed by atoms with Gasteiger partial charge < -0.3 is 5.11 Å². The van der Waals surface area contributed by atoms with Gasteiger partial charge >= 0.3 is 5.97 Å². The SMILES string of the molecule is CCc1nc(C)nc(C(=O)O)c1Cl. The van der Waals surface area contributed by atoms with Gasteiger partial charge in [0.25, 0.3) is 0 Å². The molecule has 4 nitrogen and oxygen atoms in total. The minimum Gasteiger partial charge on any atom is -0.476 e. The molecule has 13 heavy (non-hydrogen) atoms. The van der Waals surface area contributed by atoms with E-state index < -0.39 is 5.97 Å². The summed E-state index contributed by atoms with van der Waals surface area (Å²) >= 11 is 5.77. The Hall–Kier alpha value is -1.16. The second-order valence-electron chi connectivity index (χ2n) is 2.54. The molecule has 0 aliphatic heterocycles. The van der Waals surface area contributed by atoms with Crippen molar-refractivity contribution in [2.75, 3.05) is 0 Å². The molecule has 0 unspecified atom stereocenters. The van der Waals surface area contributed by atoms with E-state index in [9.17, 15) is 4.79 Å². The van der Waals surface area contributed by atoms with Crippen LogP contribution in [0.15, 0.2) is 0 Å². The highest BCUT2D eigenvalue weighted by Gasteiger charge is 2.15. The smallest absolute Gasteiger partial charge is 0.356 e. The third kappa shape index (κ3) is 1.95. The molecule has 1 aromatic rings. The van der Waals surface area contributed by atoms with E-state index in [1.54, 1.807) is 6.92 Å².